The molecule has 0 amide bonds. The number of rotatable bonds is 2. The van der Waals surface area contributed by atoms with Crippen LogP contribution in [0.3, 0.4) is 0 Å². The van der Waals surface area contributed by atoms with E-state index < -0.39 is 0 Å². The maximum absolute atomic E-state index is 11.8. The summed E-state index contributed by atoms with van der Waals surface area (Å²) >= 11 is 3.35. The fraction of sp³-hybridized carbons (Fsp3) is 0.692. The Morgan fingerprint density at radius 2 is 2.17 bits per heavy atom. The van der Waals surface area contributed by atoms with Crippen LogP contribution in [0.2, 0.25) is 0 Å². The molecule has 1 aliphatic carbocycles. The average Bonchev–Trinajstić information content (AvgIpc) is 2.33. The predicted octanol–water partition coefficient (Wildman–Crippen LogP) is 2.78. The van der Waals surface area contributed by atoms with E-state index in [4.69, 9.17) is 0 Å². The molecule has 1 aromatic rings. The summed E-state index contributed by atoms with van der Waals surface area (Å²) in [7, 11) is 1.65. The number of hydrogen-bond acceptors (Lipinski definition) is 3. The quantitative estimate of drug-likeness (QED) is 0.913. The van der Waals surface area contributed by atoms with Gasteiger partial charge >= 0.3 is 0 Å². The monoisotopic (exact) mass is 313 g/mol. The Balaban J connectivity index is 2.15. The van der Waals surface area contributed by atoms with Crippen molar-refractivity contribution < 1.29 is 0 Å². The van der Waals surface area contributed by atoms with Gasteiger partial charge in [0, 0.05) is 13.1 Å². The highest BCUT2D eigenvalue weighted by Crippen LogP contribution is 2.31. The van der Waals surface area contributed by atoms with Gasteiger partial charge in [-0.05, 0) is 47.0 Å². The van der Waals surface area contributed by atoms with Crippen molar-refractivity contribution in [2.45, 2.75) is 39.2 Å². The summed E-state index contributed by atoms with van der Waals surface area (Å²) in [5.74, 6) is 1.44. The number of anilines is 1. The minimum Gasteiger partial charge on any atom is -0.380 e. The molecular weight excluding hydrogens is 294 g/mol. The second-order valence-corrected chi connectivity index (χ2v) is 6.24. The Hall–Kier alpha value is -0.840. The predicted molar refractivity (Wildman–Crippen MR) is 76.8 cm³/mol. The van der Waals surface area contributed by atoms with Crippen LogP contribution in [0.4, 0.5) is 5.69 Å². The highest BCUT2D eigenvalue weighted by molar-refractivity contribution is 9.10. The van der Waals surface area contributed by atoms with Crippen LogP contribution in [0.25, 0.3) is 0 Å². The molecule has 3 unspecified atom stereocenters. The molecule has 1 saturated carbocycles. The molecular formula is C13H20BrN3O. The lowest BCUT2D eigenvalue weighted by atomic mass is 9.80. The van der Waals surface area contributed by atoms with Gasteiger partial charge in [-0.25, -0.2) is 4.68 Å². The molecule has 1 aliphatic rings. The SMILES string of the molecule is CC1CCC(Nc2cnn(C)c(=O)c2Br)C(C)C1. The van der Waals surface area contributed by atoms with Crippen LogP contribution in [-0.2, 0) is 7.05 Å². The van der Waals surface area contributed by atoms with E-state index in [-0.39, 0.29) is 5.56 Å². The largest absolute Gasteiger partial charge is 0.380 e. The van der Waals surface area contributed by atoms with E-state index in [2.05, 4.69) is 40.2 Å². The van der Waals surface area contributed by atoms with E-state index in [9.17, 15) is 4.79 Å². The van der Waals surface area contributed by atoms with Crippen LogP contribution < -0.4 is 10.9 Å². The van der Waals surface area contributed by atoms with Crippen molar-refractivity contribution in [2.75, 3.05) is 5.32 Å². The zero-order chi connectivity index (χ0) is 13.3. The maximum atomic E-state index is 11.8. The summed E-state index contributed by atoms with van der Waals surface area (Å²) in [5.41, 5.74) is 0.710. The Bertz CT molecular complexity index is 486. The topological polar surface area (TPSA) is 46.9 Å². The van der Waals surface area contributed by atoms with Crippen molar-refractivity contribution in [3.8, 4) is 0 Å². The van der Waals surface area contributed by atoms with Gasteiger partial charge < -0.3 is 5.32 Å². The number of nitrogens with zero attached hydrogens (tertiary/aromatic N) is 2. The Morgan fingerprint density at radius 1 is 1.44 bits per heavy atom. The van der Waals surface area contributed by atoms with E-state index in [1.165, 1.54) is 17.5 Å². The van der Waals surface area contributed by atoms with Crippen molar-refractivity contribution in [1.82, 2.24) is 9.78 Å². The van der Waals surface area contributed by atoms with E-state index in [0.717, 1.165) is 18.0 Å². The lowest BCUT2D eigenvalue weighted by molar-refractivity contribution is 0.276. The van der Waals surface area contributed by atoms with Crippen LogP contribution in [-0.4, -0.2) is 15.8 Å². The van der Waals surface area contributed by atoms with Gasteiger partial charge in [-0.3, -0.25) is 4.79 Å². The van der Waals surface area contributed by atoms with Crippen molar-refractivity contribution in [2.24, 2.45) is 18.9 Å². The van der Waals surface area contributed by atoms with Gasteiger partial charge in [0.15, 0.2) is 0 Å². The van der Waals surface area contributed by atoms with Crippen LogP contribution in [0.1, 0.15) is 33.1 Å². The van der Waals surface area contributed by atoms with Crippen LogP contribution in [0.15, 0.2) is 15.5 Å². The summed E-state index contributed by atoms with van der Waals surface area (Å²) < 4.78 is 1.91. The lowest BCUT2D eigenvalue weighted by Crippen LogP contribution is -2.34. The minimum atomic E-state index is -0.100. The maximum Gasteiger partial charge on any atom is 0.282 e. The molecule has 1 aromatic heterocycles. The third-order valence-corrected chi connectivity index (χ3v) is 4.62. The van der Waals surface area contributed by atoms with E-state index in [1.807, 2.05) is 0 Å². The smallest absolute Gasteiger partial charge is 0.282 e. The zero-order valence-electron chi connectivity index (χ0n) is 11.1. The Morgan fingerprint density at radius 3 is 2.83 bits per heavy atom. The number of halogens is 1. The molecule has 0 spiro atoms. The molecule has 5 heteroatoms. The normalized spacial score (nSPS) is 28.1. The highest BCUT2D eigenvalue weighted by atomic mass is 79.9. The van der Waals surface area contributed by atoms with E-state index in [0.29, 0.717) is 16.4 Å². The highest BCUT2D eigenvalue weighted by Gasteiger charge is 2.25. The molecule has 0 saturated heterocycles. The van der Waals surface area contributed by atoms with Crippen molar-refractivity contribution in [1.29, 1.82) is 0 Å². The molecule has 0 aliphatic heterocycles. The molecule has 0 aromatic carbocycles. The van der Waals surface area contributed by atoms with Gasteiger partial charge in [0.2, 0.25) is 0 Å². The molecule has 2 rings (SSSR count). The minimum absolute atomic E-state index is 0.100. The van der Waals surface area contributed by atoms with Gasteiger partial charge in [-0.1, -0.05) is 13.8 Å². The molecule has 0 bridgehead atoms. The number of nitrogens with one attached hydrogen (secondary N) is 1. The Kier molecular flexibility index (Phi) is 4.10. The van der Waals surface area contributed by atoms with E-state index in [1.54, 1.807) is 13.2 Å². The second kappa shape index (κ2) is 5.43. The first kappa shape index (κ1) is 13.6. The average molecular weight is 314 g/mol. The molecule has 3 atom stereocenters. The first-order valence-electron chi connectivity index (χ1n) is 6.47. The third-order valence-electron chi connectivity index (χ3n) is 3.85. The van der Waals surface area contributed by atoms with Gasteiger partial charge in [-0.2, -0.15) is 5.10 Å². The number of hydrogen-bond donors (Lipinski definition) is 1. The van der Waals surface area contributed by atoms with Crippen LogP contribution in [0, 0.1) is 11.8 Å². The molecule has 4 nitrogen and oxygen atoms in total. The summed E-state index contributed by atoms with van der Waals surface area (Å²) in [5, 5.41) is 7.52. The lowest BCUT2D eigenvalue weighted by Gasteiger charge is -2.33. The standard InChI is InChI=1S/C13H20BrN3O/c1-8-4-5-10(9(2)6-8)16-11-7-15-17(3)13(18)12(11)14/h7-10,16H,4-6H2,1-3H3. The molecule has 100 valence electrons. The molecule has 1 N–H and O–H groups in total. The Labute approximate surface area is 116 Å². The molecule has 1 fully saturated rings. The fourth-order valence-corrected chi connectivity index (χ4v) is 3.16. The van der Waals surface area contributed by atoms with E-state index >= 15 is 0 Å². The van der Waals surface area contributed by atoms with Crippen molar-refractivity contribution in [3.05, 3.63) is 21.0 Å². The zero-order valence-corrected chi connectivity index (χ0v) is 12.7. The van der Waals surface area contributed by atoms with Crippen molar-refractivity contribution in [3.63, 3.8) is 0 Å². The van der Waals surface area contributed by atoms with Crippen LogP contribution >= 0.6 is 15.9 Å². The van der Waals surface area contributed by atoms with Gasteiger partial charge in [0.1, 0.15) is 4.47 Å². The number of aryl methyl sites for hydroxylation is 1. The van der Waals surface area contributed by atoms with Crippen LogP contribution in [0.5, 0.6) is 0 Å². The summed E-state index contributed by atoms with van der Waals surface area (Å²) in [6, 6.07) is 0.436. The first-order valence-corrected chi connectivity index (χ1v) is 7.26. The molecule has 0 radical (unpaired) electrons. The molecule has 1 heterocycles. The summed E-state index contributed by atoms with van der Waals surface area (Å²) in [6.45, 7) is 4.58. The fourth-order valence-electron chi connectivity index (χ4n) is 2.69. The first-order chi connectivity index (χ1) is 8.49. The summed E-state index contributed by atoms with van der Waals surface area (Å²) in [4.78, 5) is 11.8. The van der Waals surface area contributed by atoms with Gasteiger partial charge in [0.05, 0.1) is 11.9 Å². The number of aromatic nitrogens is 2. The van der Waals surface area contributed by atoms with Gasteiger partial charge in [-0.15, -0.1) is 0 Å². The molecule has 18 heavy (non-hydrogen) atoms. The van der Waals surface area contributed by atoms with Crippen molar-refractivity contribution >= 4 is 21.6 Å². The summed E-state index contributed by atoms with van der Waals surface area (Å²) in [6.07, 6.45) is 5.37. The second-order valence-electron chi connectivity index (χ2n) is 5.45. The third kappa shape index (κ3) is 2.76. The van der Waals surface area contributed by atoms with Gasteiger partial charge in [0.25, 0.3) is 5.56 Å².